The minimum Gasteiger partial charge on any atom is -0.497 e. The molecular formula is C13H13O3P. The van der Waals surface area contributed by atoms with E-state index in [1.165, 1.54) is 7.11 Å². The Morgan fingerprint density at radius 1 is 1.00 bits per heavy atom. The topological polar surface area (TPSA) is 46.5 Å². The van der Waals surface area contributed by atoms with E-state index in [1.807, 2.05) is 6.07 Å². The normalized spacial score (nSPS) is 14.0. The first-order valence-electron chi connectivity index (χ1n) is 5.17. The molecule has 0 radical (unpaired) electrons. The molecule has 0 amide bonds. The van der Waals surface area contributed by atoms with Gasteiger partial charge in [0, 0.05) is 10.6 Å². The molecule has 0 saturated carbocycles. The van der Waals surface area contributed by atoms with Crippen molar-refractivity contribution < 1.29 is 14.2 Å². The van der Waals surface area contributed by atoms with Crippen LogP contribution < -0.4 is 15.3 Å². The van der Waals surface area contributed by atoms with Crippen LogP contribution in [0.4, 0.5) is 0 Å². The fraction of sp³-hybridized carbons (Fsp3) is 0.0769. The Hall–Kier alpha value is -1.57. The molecule has 0 aliphatic heterocycles. The van der Waals surface area contributed by atoms with Crippen molar-refractivity contribution in [1.82, 2.24) is 0 Å². The Morgan fingerprint density at radius 2 is 1.65 bits per heavy atom. The second-order valence-electron chi connectivity index (χ2n) is 3.61. The summed E-state index contributed by atoms with van der Waals surface area (Å²) in [7, 11) is -1.99. The van der Waals surface area contributed by atoms with Gasteiger partial charge in [-0.15, -0.1) is 0 Å². The molecular weight excluding hydrogens is 235 g/mol. The van der Waals surface area contributed by atoms with Gasteiger partial charge in [-0.1, -0.05) is 24.3 Å². The van der Waals surface area contributed by atoms with Crippen LogP contribution in [0.15, 0.2) is 54.6 Å². The highest BCUT2D eigenvalue weighted by Crippen LogP contribution is 2.38. The maximum Gasteiger partial charge on any atom is 0.258 e. The third-order valence-electron chi connectivity index (χ3n) is 2.51. The van der Waals surface area contributed by atoms with Crippen molar-refractivity contribution in [2.45, 2.75) is 0 Å². The molecule has 0 aromatic heterocycles. The first kappa shape index (κ1) is 11.9. The van der Waals surface area contributed by atoms with Gasteiger partial charge in [-0.3, -0.25) is 4.57 Å². The lowest BCUT2D eigenvalue weighted by atomic mass is 10.3. The predicted molar refractivity (Wildman–Crippen MR) is 68.5 cm³/mol. The zero-order valence-corrected chi connectivity index (χ0v) is 10.3. The van der Waals surface area contributed by atoms with Crippen LogP contribution in [0.1, 0.15) is 0 Å². The van der Waals surface area contributed by atoms with Crippen molar-refractivity contribution >= 4 is 18.0 Å². The molecule has 0 bridgehead atoms. The Labute approximate surface area is 100 Å². The van der Waals surface area contributed by atoms with Gasteiger partial charge >= 0.3 is 0 Å². The fourth-order valence-corrected chi connectivity index (χ4v) is 3.04. The van der Waals surface area contributed by atoms with Crippen LogP contribution in [0.5, 0.6) is 5.75 Å². The molecule has 88 valence electrons. The van der Waals surface area contributed by atoms with Crippen molar-refractivity contribution in [3.8, 4) is 5.75 Å². The molecule has 4 heteroatoms. The number of hydrogen-bond donors (Lipinski definition) is 1. The van der Waals surface area contributed by atoms with E-state index in [9.17, 15) is 9.46 Å². The number of methoxy groups -OCH3 is 1. The summed E-state index contributed by atoms with van der Waals surface area (Å²) < 4.78 is 17.4. The molecule has 2 aromatic rings. The molecule has 1 N–H and O–H groups in total. The van der Waals surface area contributed by atoms with Crippen molar-refractivity contribution in [3.05, 3.63) is 54.6 Å². The van der Waals surface area contributed by atoms with E-state index in [-0.39, 0.29) is 0 Å². The largest absolute Gasteiger partial charge is 0.497 e. The molecule has 1 atom stereocenters. The summed E-state index contributed by atoms with van der Waals surface area (Å²) >= 11 is 0. The molecule has 2 aromatic carbocycles. The van der Waals surface area contributed by atoms with Crippen molar-refractivity contribution in [2.75, 3.05) is 7.11 Å². The second-order valence-corrected chi connectivity index (χ2v) is 5.80. The molecule has 17 heavy (non-hydrogen) atoms. The van der Waals surface area contributed by atoms with Crippen LogP contribution in [0, 0.1) is 0 Å². The molecule has 1 unspecified atom stereocenters. The fourth-order valence-electron chi connectivity index (χ4n) is 1.58. The van der Waals surface area contributed by atoms with Crippen LogP contribution in [0.25, 0.3) is 0 Å². The molecule has 3 nitrogen and oxygen atoms in total. The molecule has 0 aliphatic rings. The van der Waals surface area contributed by atoms with Gasteiger partial charge in [0.05, 0.1) is 7.11 Å². The van der Waals surface area contributed by atoms with Crippen LogP contribution in [0.2, 0.25) is 0 Å². The van der Waals surface area contributed by atoms with E-state index >= 15 is 0 Å². The lowest BCUT2D eigenvalue weighted by molar-refractivity contribution is 0.415. The van der Waals surface area contributed by atoms with E-state index in [4.69, 9.17) is 4.74 Å². The zero-order chi connectivity index (χ0) is 12.3. The number of benzene rings is 2. The quantitative estimate of drug-likeness (QED) is 0.844. The first-order chi connectivity index (χ1) is 8.14. The van der Waals surface area contributed by atoms with Crippen molar-refractivity contribution in [2.24, 2.45) is 0 Å². The lowest BCUT2D eigenvalue weighted by Crippen LogP contribution is -2.15. The van der Waals surface area contributed by atoms with Crippen LogP contribution in [-0.4, -0.2) is 12.0 Å². The lowest BCUT2D eigenvalue weighted by Gasteiger charge is -2.12. The molecule has 0 aliphatic carbocycles. The van der Waals surface area contributed by atoms with E-state index < -0.39 is 7.37 Å². The summed E-state index contributed by atoms with van der Waals surface area (Å²) in [5, 5.41) is 0.802. The molecule has 0 saturated heterocycles. The zero-order valence-electron chi connectivity index (χ0n) is 9.41. The Kier molecular flexibility index (Phi) is 3.32. The van der Waals surface area contributed by atoms with Crippen LogP contribution in [0.3, 0.4) is 0 Å². The maximum atomic E-state index is 12.4. The monoisotopic (exact) mass is 248 g/mol. The average Bonchev–Trinajstić information content (AvgIpc) is 2.40. The summed E-state index contributed by atoms with van der Waals surface area (Å²) in [6.07, 6.45) is 0. The third-order valence-corrected chi connectivity index (χ3v) is 4.49. The molecule has 0 spiro atoms. The van der Waals surface area contributed by atoms with Crippen molar-refractivity contribution in [3.63, 3.8) is 0 Å². The highest BCUT2D eigenvalue weighted by molar-refractivity contribution is 7.73. The number of ether oxygens (including phenoxy) is 1. The second kappa shape index (κ2) is 4.74. The predicted octanol–water partition coefficient (Wildman–Crippen LogP) is 1.92. The third kappa shape index (κ3) is 2.41. The average molecular weight is 248 g/mol. The van der Waals surface area contributed by atoms with Gasteiger partial charge in [-0.2, -0.15) is 0 Å². The van der Waals surface area contributed by atoms with E-state index in [0.29, 0.717) is 16.4 Å². The highest BCUT2D eigenvalue weighted by atomic mass is 31.2. The smallest absolute Gasteiger partial charge is 0.258 e. The SMILES string of the molecule is COc1cccc(P(=O)(O)c2ccccc2)c1. The summed E-state index contributed by atoms with van der Waals surface area (Å²) in [6, 6.07) is 15.3. The van der Waals surface area contributed by atoms with E-state index in [1.54, 1.807) is 48.5 Å². The van der Waals surface area contributed by atoms with Gasteiger partial charge in [0.1, 0.15) is 5.75 Å². The number of rotatable bonds is 3. The van der Waals surface area contributed by atoms with Gasteiger partial charge in [0.25, 0.3) is 7.37 Å². The summed E-state index contributed by atoms with van der Waals surface area (Å²) in [5.41, 5.74) is 0. The Bertz CT molecular complexity index is 552. The standard InChI is InChI=1S/C13H13O3P/c1-16-11-6-5-9-13(10-11)17(14,15)12-7-3-2-4-8-12/h2-10H,1H3,(H,14,15). The number of hydrogen-bond acceptors (Lipinski definition) is 2. The molecule has 0 fully saturated rings. The van der Waals surface area contributed by atoms with Crippen LogP contribution >= 0.6 is 7.37 Å². The van der Waals surface area contributed by atoms with Gasteiger partial charge in [-0.05, 0) is 30.3 Å². The highest BCUT2D eigenvalue weighted by Gasteiger charge is 2.23. The summed E-state index contributed by atoms with van der Waals surface area (Å²) in [4.78, 5) is 10.2. The maximum absolute atomic E-state index is 12.4. The minimum atomic E-state index is -3.52. The van der Waals surface area contributed by atoms with Crippen molar-refractivity contribution in [1.29, 1.82) is 0 Å². The first-order valence-corrected chi connectivity index (χ1v) is 6.83. The molecule has 2 rings (SSSR count). The Morgan fingerprint density at radius 3 is 2.29 bits per heavy atom. The Balaban J connectivity index is 2.48. The van der Waals surface area contributed by atoms with Gasteiger partial charge in [-0.25, -0.2) is 0 Å². The minimum absolute atomic E-state index is 0.378. The van der Waals surface area contributed by atoms with Gasteiger partial charge < -0.3 is 9.63 Å². The van der Waals surface area contributed by atoms with Crippen LogP contribution in [-0.2, 0) is 4.57 Å². The summed E-state index contributed by atoms with van der Waals surface area (Å²) in [6.45, 7) is 0. The summed E-state index contributed by atoms with van der Waals surface area (Å²) in [5.74, 6) is 0.577. The van der Waals surface area contributed by atoms with Gasteiger partial charge in [0.2, 0.25) is 0 Å². The molecule has 0 heterocycles. The van der Waals surface area contributed by atoms with E-state index in [2.05, 4.69) is 0 Å². The van der Waals surface area contributed by atoms with E-state index in [0.717, 1.165) is 0 Å². The van der Waals surface area contributed by atoms with Gasteiger partial charge in [0.15, 0.2) is 0 Å².